The van der Waals surface area contributed by atoms with Crippen LogP contribution in [0.15, 0.2) is 48.8 Å². The van der Waals surface area contributed by atoms with E-state index in [0.717, 1.165) is 21.4 Å². The first kappa shape index (κ1) is 21.4. The van der Waals surface area contributed by atoms with Gasteiger partial charge in [-0.3, -0.25) is 4.90 Å². The average Bonchev–Trinajstić information content (AvgIpc) is 3.01. The number of alkyl halides is 3. The molecule has 162 valence electrons. The average molecular weight is 449 g/mol. The van der Waals surface area contributed by atoms with Crippen molar-refractivity contribution in [2.75, 3.05) is 14.2 Å². The number of ether oxygens (including phenoxy) is 1. The van der Waals surface area contributed by atoms with E-state index in [0.29, 0.717) is 29.5 Å². The van der Waals surface area contributed by atoms with Crippen LogP contribution in [-0.2, 0) is 19.6 Å². The third-order valence-electron chi connectivity index (χ3n) is 5.06. The monoisotopic (exact) mass is 448 g/mol. The molecule has 0 aliphatic carbocycles. The number of benzene rings is 2. The summed E-state index contributed by atoms with van der Waals surface area (Å²) in [5, 5.41) is 0.627. The summed E-state index contributed by atoms with van der Waals surface area (Å²) in [5.41, 5.74) is 3.13. The van der Waals surface area contributed by atoms with E-state index in [1.54, 1.807) is 13.2 Å². The highest BCUT2D eigenvalue weighted by Crippen LogP contribution is 2.34. The van der Waals surface area contributed by atoms with E-state index in [2.05, 4.69) is 14.9 Å². The highest BCUT2D eigenvalue weighted by molar-refractivity contribution is 6.34. The van der Waals surface area contributed by atoms with E-state index in [1.807, 2.05) is 43.4 Å². The van der Waals surface area contributed by atoms with Crippen LogP contribution in [-0.4, -0.2) is 39.8 Å². The predicted molar refractivity (Wildman–Crippen MR) is 114 cm³/mol. The molecule has 2 aromatic heterocycles. The maximum absolute atomic E-state index is 13.2. The third kappa shape index (κ3) is 4.60. The van der Waals surface area contributed by atoms with Crippen molar-refractivity contribution < 1.29 is 17.9 Å². The van der Waals surface area contributed by atoms with Crippen molar-refractivity contribution in [2.24, 2.45) is 0 Å². The van der Waals surface area contributed by atoms with Crippen molar-refractivity contribution in [3.63, 3.8) is 0 Å². The fourth-order valence-corrected chi connectivity index (χ4v) is 4.01. The van der Waals surface area contributed by atoms with Gasteiger partial charge in [0.05, 0.1) is 12.6 Å². The minimum absolute atomic E-state index is 0.00336. The molecule has 0 unspecified atom stereocenters. The van der Waals surface area contributed by atoms with Crippen molar-refractivity contribution in [1.82, 2.24) is 19.4 Å². The summed E-state index contributed by atoms with van der Waals surface area (Å²) in [6, 6.07) is 13.2. The van der Waals surface area contributed by atoms with E-state index in [9.17, 15) is 13.2 Å². The maximum atomic E-state index is 13.2. The van der Waals surface area contributed by atoms with Gasteiger partial charge in [-0.05, 0) is 42.4 Å². The van der Waals surface area contributed by atoms with Crippen LogP contribution >= 0.6 is 11.6 Å². The second kappa shape index (κ2) is 8.36. The molecule has 0 N–H and O–H groups in total. The van der Waals surface area contributed by atoms with Gasteiger partial charge in [0, 0.05) is 18.5 Å². The first-order chi connectivity index (χ1) is 14.7. The van der Waals surface area contributed by atoms with Gasteiger partial charge in [-0.1, -0.05) is 29.8 Å². The molecule has 0 spiro atoms. The van der Waals surface area contributed by atoms with Gasteiger partial charge in [-0.15, -0.1) is 0 Å². The highest BCUT2D eigenvalue weighted by Gasteiger charge is 2.30. The molecule has 0 aliphatic heterocycles. The van der Waals surface area contributed by atoms with Crippen LogP contribution in [0.3, 0.4) is 0 Å². The first-order valence-corrected chi connectivity index (χ1v) is 9.92. The molecule has 4 rings (SSSR count). The zero-order valence-corrected chi connectivity index (χ0v) is 17.7. The van der Waals surface area contributed by atoms with Gasteiger partial charge in [0.2, 0.25) is 0 Å². The molecule has 0 saturated heterocycles. The molecule has 31 heavy (non-hydrogen) atoms. The molecule has 0 fully saturated rings. The summed E-state index contributed by atoms with van der Waals surface area (Å²) in [6.45, 7) is 0.176. The van der Waals surface area contributed by atoms with Crippen LogP contribution in [0.5, 0.6) is 5.75 Å². The Morgan fingerprint density at radius 1 is 1.03 bits per heavy atom. The van der Waals surface area contributed by atoms with Crippen molar-refractivity contribution in [2.45, 2.75) is 25.8 Å². The Hall–Kier alpha value is -2.84. The van der Waals surface area contributed by atoms with Gasteiger partial charge in [0.25, 0.3) is 0 Å². The Kier molecular flexibility index (Phi) is 5.77. The van der Waals surface area contributed by atoms with Gasteiger partial charge in [-0.25, -0.2) is 9.97 Å². The van der Waals surface area contributed by atoms with Crippen molar-refractivity contribution in [1.29, 1.82) is 0 Å². The van der Waals surface area contributed by atoms with Gasteiger partial charge < -0.3 is 9.30 Å². The molecule has 0 saturated carbocycles. The van der Waals surface area contributed by atoms with Crippen LogP contribution < -0.4 is 4.74 Å². The quantitative estimate of drug-likeness (QED) is 0.368. The molecule has 2 heterocycles. The molecule has 9 heteroatoms. The van der Waals surface area contributed by atoms with Crippen molar-refractivity contribution >= 4 is 33.5 Å². The van der Waals surface area contributed by atoms with Crippen LogP contribution in [0.25, 0.3) is 21.9 Å². The fraction of sp³-hybridized carbons (Fsp3) is 0.273. The SMILES string of the molecule is COc1ccc(CN(C)Cc2ccc3c(c2)c2ncnc(Cl)c2n3CC(F)(F)F)cc1. The molecule has 0 atom stereocenters. The van der Waals surface area contributed by atoms with Gasteiger partial charge in [-0.2, -0.15) is 13.2 Å². The second-order valence-corrected chi connectivity index (χ2v) is 7.79. The predicted octanol–water partition coefficient (Wildman–Crippen LogP) is 5.44. The van der Waals surface area contributed by atoms with E-state index < -0.39 is 12.7 Å². The maximum Gasteiger partial charge on any atom is 0.406 e. The molecule has 0 bridgehead atoms. The lowest BCUT2D eigenvalue weighted by Crippen LogP contribution is -2.18. The Labute approximate surface area is 182 Å². The normalized spacial score (nSPS) is 12.2. The number of aromatic nitrogens is 3. The Morgan fingerprint density at radius 2 is 1.71 bits per heavy atom. The Bertz CT molecular complexity index is 1220. The summed E-state index contributed by atoms with van der Waals surface area (Å²) in [7, 11) is 3.61. The summed E-state index contributed by atoms with van der Waals surface area (Å²) >= 11 is 6.14. The summed E-state index contributed by atoms with van der Waals surface area (Å²) in [6.07, 6.45) is -3.13. The molecular formula is C22H20ClF3N4O. The number of hydrogen-bond acceptors (Lipinski definition) is 4. The van der Waals surface area contributed by atoms with Crippen LogP contribution in [0.2, 0.25) is 5.15 Å². The largest absolute Gasteiger partial charge is 0.497 e. The lowest BCUT2D eigenvalue weighted by molar-refractivity contribution is -0.139. The summed E-state index contributed by atoms with van der Waals surface area (Å²) in [5.74, 6) is 0.799. The van der Waals surface area contributed by atoms with Crippen LogP contribution in [0.1, 0.15) is 11.1 Å². The summed E-state index contributed by atoms with van der Waals surface area (Å²) < 4.78 is 45.9. The van der Waals surface area contributed by atoms with E-state index in [-0.39, 0.29) is 10.7 Å². The number of fused-ring (bicyclic) bond motifs is 3. The Morgan fingerprint density at radius 3 is 2.39 bits per heavy atom. The van der Waals surface area contributed by atoms with E-state index >= 15 is 0 Å². The zero-order chi connectivity index (χ0) is 22.2. The minimum Gasteiger partial charge on any atom is -0.497 e. The molecular weight excluding hydrogens is 429 g/mol. The van der Waals surface area contributed by atoms with Crippen LogP contribution in [0, 0.1) is 0 Å². The fourth-order valence-electron chi connectivity index (χ4n) is 3.77. The summed E-state index contributed by atoms with van der Waals surface area (Å²) in [4.78, 5) is 10.2. The van der Waals surface area contributed by atoms with Gasteiger partial charge in [0.15, 0.2) is 5.15 Å². The lowest BCUT2D eigenvalue weighted by atomic mass is 10.1. The molecule has 4 aromatic rings. The van der Waals surface area contributed by atoms with E-state index in [4.69, 9.17) is 16.3 Å². The lowest BCUT2D eigenvalue weighted by Gasteiger charge is -2.17. The smallest absolute Gasteiger partial charge is 0.406 e. The number of methoxy groups -OCH3 is 1. The number of nitrogens with zero attached hydrogens (tertiary/aromatic N) is 4. The van der Waals surface area contributed by atoms with Crippen molar-refractivity contribution in [3.05, 3.63) is 65.1 Å². The molecule has 0 aliphatic rings. The third-order valence-corrected chi connectivity index (χ3v) is 5.33. The van der Waals surface area contributed by atoms with Gasteiger partial charge in [0.1, 0.15) is 29.7 Å². The molecule has 0 radical (unpaired) electrons. The minimum atomic E-state index is -4.39. The number of rotatable bonds is 6. The first-order valence-electron chi connectivity index (χ1n) is 9.55. The molecule has 0 amide bonds. The van der Waals surface area contributed by atoms with Crippen molar-refractivity contribution in [3.8, 4) is 5.75 Å². The topological polar surface area (TPSA) is 43.2 Å². The Balaban J connectivity index is 1.65. The highest BCUT2D eigenvalue weighted by atomic mass is 35.5. The van der Waals surface area contributed by atoms with Crippen LogP contribution in [0.4, 0.5) is 13.2 Å². The van der Waals surface area contributed by atoms with Gasteiger partial charge >= 0.3 is 6.18 Å². The number of hydrogen-bond donors (Lipinski definition) is 0. The molecule has 2 aromatic carbocycles. The molecule has 5 nitrogen and oxygen atoms in total. The standard InChI is InChI=1S/C22H20ClF3N4O/c1-29(10-14-3-6-16(31-2)7-4-14)11-15-5-8-18-17(9-15)19-20(21(23)28-13-27-19)30(18)12-22(24,25)26/h3-9,13H,10-12H2,1-2H3. The second-order valence-electron chi connectivity index (χ2n) is 7.43. The van der Waals surface area contributed by atoms with E-state index in [1.165, 1.54) is 6.33 Å². The zero-order valence-electron chi connectivity index (χ0n) is 16.9. The number of halogens is 4.